The van der Waals surface area contributed by atoms with Crippen molar-refractivity contribution in [3.05, 3.63) is 39.6 Å². The van der Waals surface area contributed by atoms with E-state index in [1.807, 2.05) is 20.8 Å². The van der Waals surface area contributed by atoms with E-state index in [0.29, 0.717) is 16.3 Å². The second-order valence-electron chi connectivity index (χ2n) is 8.66. The summed E-state index contributed by atoms with van der Waals surface area (Å²) in [7, 11) is 0. The molecule has 156 valence electrons. The fourth-order valence-electron chi connectivity index (χ4n) is 3.41. The molecule has 1 aromatic carbocycles. The van der Waals surface area contributed by atoms with E-state index in [1.54, 1.807) is 6.92 Å². The van der Waals surface area contributed by atoms with Crippen molar-refractivity contribution in [1.29, 1.82) is 0 Å². The van der Waals surface area contributed by atoms with Crippen LogP contribution < -0.4 is 10.6 Å². The number of aromatic nitrogens is 1. The minimum Gasteiger partial charge on any atom is -0.323 e. The number of anilines is 2. The Balaban J connectivity index is 1.73. The quantitative estimate of drug-likeness (QED) is 0.674. The van der Waals surface area contributed by atoms with E-state index in [0.717, 1.165) is 37.1 Å². The number of carbonyl (C=O) groups is 2. The van der Waals surface area contributed by atoms with Gasteiger partial charge in [-0.05, 0) is 38.0 Å². The zero-order valence-electron chi connectivity index (χ0n) is 17.4. The van der Waals surface area contributed by atoms with E-state index in [1.165, 1.54) is 29.5 Å². The van der Waals surface area contributed by atoms with Gasteiger partial charge in [0.05, 0.1) is 16.4 Å². The molecule has 2 N–H and O–H groups in total. The number of nitrogens with zero attached hydrogens (tertiary/aromatic N) is 1. The van der Waals surface area contributed by atoms with Crippen molar-refractivity contribution in [3.63, 3.8) is 0 Å². The van der Waals surface area contributed by atoms with Crippen LogP contribution in [0, 0.1) is 18.7 Å². The topological polar surface area (TPSA) is 71.1 Å². The Morgan fingerprint density at radius 1 is 1.14 bits per heavy atom. The molecule has 0 radical (unpaired) electrons. The summed E-state index contributed by atoms with van der Waals surface area (Å²) in [5, 5.41) is 6.38. The van der Waals surface area contributed by atoms with Crippen LogP contribution in [0.15, 0.2) is 18.2 Å². The molecule has 1 fully saturated rings. The maximum absolute atomic E-state index is 14.2. The van der Waals surface area contributed by atoms with Gasteiger partial charge >= 0.3 is 0 Å². The second kappa shape index (κ2) is 8.61. The number of carbonyl (C=O) groups excluding carboxylic acids is 2. The molecular weight excluding hydrogens is 389 g/mol. The van der Waals surface area contributed by atoms with Crippen molar-refractivity contribution >= 4 is 34.5 Å². The molecule has 7 heteroatoms. The molecule has 0 bridgehead atoms. The largest absolute Gasteiger partial charge is 0.323 e. The van der Waals surface area contributed by atoms with Crippen LogP contribution in [0.5, 0.6) is 0 Å². The summed E-state index contributed by atoms with van der Waals surface area (Å²) in [5.41, 5.74) is 1.06. The first kappa shape index (κ1) is 21.4. The number of thiazole rings is 1. The summed E-state index contributed by atoms with van der Waals surface area (Å²) in [4.78, 5) is 30.2. The van der Waals surface area contributed by atoms with Crippen LogP contribution in [0.2, 0.25) is 0 Å². The molecule has 3 rings (SSSR count). The molecule has 1 saturated carbocycles. The van der Waals surface area contributed by atoms with Gasteiger partial charge in [0.1, 0.15) is 10.7 Å². The maximum Gasteiger partial charge on any atom is 0.267 e. The van der Waals surface area contributed by atoms with Crippen LogP contribution in [-0.4, -0.2) is 16.8 Å². The first-order chi connectivity index (χ1) is 13.6. The highest BCUT2D eigenvalue weighted by Gasteiger charge is 2.24. The van der Waals surface area contributed by atoms with Gasteiger partial charge in [-0.3, -0.25) is 9.59 Å². The summed E-state index contributed by atoms with van der Waals surface area (Å²) >= 11 is 1.36. The van der Waals surface area contributed by atoms with Crippen LogP contribution in [0.25, 0.3) is 0 Å². The molecule has 0 atom stereocenters. The van der Waals surface area contributed by atoms with Gasteiger partial charge < -0.3 is 10.6 Å². The molecule has 0 spiro atoms. The molecule has 2 aromatic rings. The molecule has 1 heterocycles. The lowest BCUT2D eigenvalue weighted by Gasteiger charge is -2.21. The van der Waals surface area contributed by atoms with Gasteiger partial charge in [0.15, 0.2) is 0 Å². The van der Waals surface area contributed by atoms with E-state index in [2.05, 4.69) is 15.6 Å². The summed E-state index contributed by atoms with van der Waals surface area (Å²) in [5.74, 6) is -1.03. The van der Waals surface area contributed by atoms with Gasteiger partial charge in [0, 0.05) is 17.0 Å². The highest BCUT2D eigenvalue weighted by Crippen LogP contribution is 2.30. The van der Waals surface area contributed by atoms with Crippen molar-refractivity contribution in [2.45, 2.75) is 65.2 Å². The average Bonchev–Trinajstić information content (AvgIpc) is 3.07. The number of halogens is 1. The Kier molecular flexibility index (Phi) is 6.36. The van der Waals surface area contributed by atoms with E-state index < -0.39 is 5.82 Å². The average molecular weight is 418 g/mol. The van der Waals surface area contributed by atoms with Crippen LogP contribution in [-0.2, 0) is 10.2 Å². The molecule has 1 aliphatic carbocycles. The molecule has 1 aromatic heterocycles. The number of nitrogens with one attached hydrogen (secondary N) is 2. The van der Waals surface area contributed by atoms with E-state index in [9.17, 15) is 14.0 Å². The van der Waals surface area contributed by atoms with Crippen LogP contribution in [0.3, 0.4) is 0 Å². The van der Waals surface area contributed by atoms with Gasteiger partial charge in [-0.2, -0.15) is 0 Å². The predicted octanol–water partition coefficient (Wildman–Crippen LogP) is 5.66. The third-order valence-electron chi connectivity index (χ3n) is 5.10. The minimum absolute atomic E-state index is 0.0722. The minimum atomic E-state index is -0.517. The third-order valence-corrected chi connectivity index (χ3v) is 6.68. The van der Waals surface area contributed by atoms with Gasteiger partial charge in [-0.25, -0.2) is 9.37 Å². The molecule has 1 aliphatic rings. The van der Waals surface area contributed by atoms with Gasteiger partial charge in [-0.1, -0.05) is 40.0 Å². The number of benzene rings is 1. The molecular formula is C22H28FN3O2S. The van der Waals surface area contributed by atoms with Crippen molar-refractivity contribution in [2.75, 3.05) is 10.6 Å². The van der Waals surface area contributed by atoms with E-state index >= 15 is 0 Å². The number of hydrogen-bond acceptors (Lipinski definition) is 4. The Hall–Kier alpha value is -2.28. The van der Waals surface area contributed by atoms with Crippen molar-refractivity contribution in [1.82, 2.24) is 4.98 Å². The first-order valence-electron chi connectivity index (χ1n) is 10.0. The van der Waals surface area contributed by atoms with Crippen LogP contribution in [0.4, 0.5) is 15.8 Å². The second-order valence-corrected chi connectivity index (χ2v) is 9.66. The van der Waals surface area contributed by atoms with Crippen molar-refractivity contribution in [2.24, 2.45) is 5.92 Å². The van der Waals surface area contributed by atoms with Crippen molar-refractivity contribution in [3.8, 4) is 0 Å². The molecule has 0 saturated heterocycles. The fourth-order valence-corrected chi connectivity index (χ4v) is 4.43. The lowest BCUT2D eigenvalue weighted by Crippen LogP contribution is -2.25. The lowest BCUT2D eigenvalue weighted by atomic mass is 9.88. The third kappa shape index (κ3) is 5.21. The molecule has 0 aliphatic heterocycles. The number of amides is 2. The normalized spacial score (nSPS) is 15.2. The summed E-state index contributed by atoms with van der Waals surface area (Å²) in [6, 6.07) is 4.21. The summed E-state index contributed by atoms with van der Waals surface area (Å²) in [6.07, 6.45) is 4.88. The highest BCUT2D eigenvalue weighted by molar-refractivity contribution is 7.14. The zero-order chi connectivity index (χ0) is 21.2. The van der Waals surface area contributed by atoms with Gasteiger partial charge in [0.2, 0.25) is 5.91 Å². The fraction of sp³-hybridized carbons (Fsp3) is 0.500. The SMILES string of the molecule is Cc1nc(C(C)(C)C)sc1C(=O)Nc1ccc(F)c(NC(=O)C2CCCCC2)c1. The van der Waals surface area contributed by atoms with Crippen molar-refractivity contribution < 1.29 is 14.0 Å². The standard InChI is InChI=1S/C22H28FN3O2S/c1-13-18(29-21(24-13)22(2,3)4)20(28)25-15-10-11-16(23)17(12-15)26-19(27)14-8-6-5-7-9-14/h10-12,14H,5-9H2,1-4H3,(H,25,28)(H,26,27). The molecule has 5 nitrogen and oxygen atoms in total. The Labute approximate surface area is 175 Å². The maximum atomic E-state index is 14.2. The number of hydrogen-bond donors (Lipinski definition) is 2. The van der Waals surface area contributed by atoms with E-state index in [-0.39, 0.29) is 28.8 Å². The monoisotopic (exact) mass is 417 g/mol. The molecule has 2 amide bonds. The Bertz CT molecular complexity index is 911. The highest BCUT2D eigenvalue weighted by atomic mass is 32.1. The first-order valence-corrected chi connectivity index (χ1v) is 10.9. The summed E-state index contributed by atoms with van der Waals surface area (Å²) < 4.78 is 14.2. The van der Waals surface area contributed by atoms with E-state index in [4.69, 9.17) is 0 Å². The smallest absolute Gasteiger partial charge is 0.267 e. The Morgan fingerprint density at radius 3 is 2.45 bits per heavy atom. The van der Waals surface area contributed by atoms with Gasteiger partial charge in [0.25, 0.3) is 5.91 Å². The Morgan fingerprint density at radius 2 is 1.83 bits per heavy atom. The van der Waals surface area contributed by atoms with Crippen LogP contribution >= 0.6 is 11.3 Å². The van der Waals surface area contributed by atoms with Gasteiger partial charge in [-0.15, -0.1) is 11.3 Å². The summed E-state index contributed by atoms with van der Waals surface area (Å²) in [6.45, 7) is 7.96. The lowest BCUT2D eigenvalue weighted by molar-refractivity contribution is -0.120. The number of rotatable bonds is 4. The van der Waals surface area contributed by atoms with Crippen LogP contribution in [0.1, 0.15) is 73.2 Å². The molecule has 29 heavy (non-hydrogen) atoms. The molecule has 0 unspecified atom stereocenters. The number of aryl methyl sites for hydroxylation is 1. The predicted molar refractivity (Wildman–Crippen MR) is 115 cm³/mol. The zero-order valence-corrected chi connectivity index (χ0v) is 18.2.